The van der Waals surface area contributed by atoms with Crippen molar-refractivity contribution < 1.29 is 4.79 Å². The van der Waals surface area contributed by atoms with Crippen molar-refractivity contribution in [3.63, 3.8) is 0 Å². The normalized spacial score (nSPS) is 16.1. The minimum atomic E-state index is -0.197. The van der Waals surface area contributed by atoms with E-state index < -0.39 is 0 Å². The van der Waals surface area contributed by atoms with Crippen molar-refractivity contribution in [1.82, 2.24) is 15.3 Å². The van der Waals surface area contributed by atoms with Crippen molar-refractivity contribution in [2.45, 2.75) is 0 Å². The monoisotopic (exact) mass is 288 g/mol. The standard InChI is InChI=1S/C17H12N4O/c22-17-14(20-15(21-17)11-5-2-1-3-6-11)9-12-10-19-16-13(12)7-4-8-18-16/h1-10H,(H,18,19)(H,20,21,22)/b14-9-. The molecule has 0 saturated carbocycles. The van der Waals surface area contributed by atoms with Gasteiger partial charge in [0, 0.05) is 28.9 Å². The molecule has 4 rings (SSSR count). The van der Waals surface area contributed by atoms with Gasteiger partial charge in [0.25, 0.3) is 5.91 Å². The highest BCUT2D eigenvalue weighted by Gasteiger charge is 2.21. The summed E-state index contributed by atoms with van der Waals surface area (Å²) < 4.78 is 0. The van der Waals surface area contributed by atoms with Gasteiger partial charge in [-0.2, -0.15) is 0 Å². The fourth-order valence-corrected chi connectivity index (χ4v) is 2.45. The van der Waals surface area contributed by atoms with E-state index >= 15 is 0 Å². The number of hydrogen-bond acceptors (Lipinski definition) is 3. The maximum atomic E-state index is 12.1. The van der Waals surface area contributed by atoms with Crippen LogP contribution in [0.25, 0.3) is 17.1 Å². The van der Waals surface area contributed by atoms with Crippen LogP contribution in [0.1, 0.15) is 11.1 Å². The highest BCUT2D eigenvalue weighted by atomic mass is 16.2. The Morgan fingerprint density at radius 1 is 1.05 bits per heavy atom. The number of nitrogens with zero attached hydrogens (tertiary/aromatic N) is 2. The lowest BCUT2D eigenvalue weighted by atomic mass is 10.2. The summed E-state index contributed by atoms with van der Waals surface area (Å²) in [5.41, 5.74) is 2.97. The summed E-state index contributed by atoms with van der Waals surface area (Å²) in [4.78, 5) is 23.8. The Bertz CT molecular complexity index is 922. The van der Waals surface area contributed by atoms with Gasteiger partial charge >= 0.3 is 0 Å². The number of amides is 1. The Labute approximate surface area is 126 Å². The van der Waals surface area contributed by atoms with E-state index in [9.17, 15) is 4.79 Å². The third-order valence-electron chi connectivity index (χ3n) is 3.52. The molecule has 1 aliphatic heterocycles. The number of aliphatic imine (C=N–C) groups is 1. The molecule has 0 saturated heterocycles. The molecule has 3 aromatic rings. The van der Waals surface area contributed by atoms with Crippen LogP contribution < -0.4 is 5.32 Å². The van der Waals surface area contributed by atoms with Gasteiger partial charge < -0.3 is 10.3 Å². The van der Waals surface area contributed by atoms with Gasteiger partial charge in [-0.1, -0.05) is 30.3 Å². The summed E-state index contributed by atoms with van der Waals surface area (Å²) in [5.74, 6) is 0.381. The van der Waals surface area contributed by atoms with Crippen molar-refractivity contribution in [3.05, 3.63) is 71.7 Å². The fraction of sp³-hybridized carbons (Fsp3) is 0. The number of H-pyrrole nitrogens is 1. The molecule has 0 spiro atoms. The summed E-state index contributed by atoms with van der Waals surface area (Å²) in [6.07, 6.45) is 5.32. The number of fused-ring (bicyclic) bond motifs is 1. The average Bonchev–Trinajstić information content (AvgIpc) is 3.13. The predicted molar refractivity (Wildman–Crippen MR) is 85.2 cm³/mol. The van der Waals surface area contributed by atoms with Crippen LogP contribution in [0.3, 0.4) is 0 Å². The van der Waals surface area contributed by atoms with Crippen molar-refractivity contribution >= 4 is 28.9 Å². The maximum absolute atomic E-state index is 12.1. The summed E-state index contributed by atoms with van der Waals surface area (Å²) in [7, 11) is 0. The van der Waals surface area contributed by atoms with Crippen LogP contribution in [0.5, 0.6) is 0 Å². The highest BCUT2D eigenvalue weighted by Crippen LogP contribution is 2.21. The molecule has 2 aromatic heterocycles. The third kappa shape index (κ3) is 2.09. The second-order valence-electron chi connectivity index (χ2n) is 4.95. The van der Waals surface area contributed by atoms with E-state index in [1.165, 1.54) is 0 Å². The van der Waals surface area contributed by atoms with Gasteiger partial charge in [0.05, 0.1) is 0 Å². The molecule has 5 heteroatoms. The van der Waals surface area contributed by atoms with Gasteiger partial charge in [0.1, 0.15) is 17.2 Å². The summed E-state index contributed by atoms with van der Waals surface area (Å²) in [6, 6.07) is 13.4. The number of aromatic nitrogens is 2. The molecule has 22 heavy (non-hydrogen) atoms. The van der Waals surface area contributed by atoms with E-state index in [4.69, 9.17) is 0 Å². The first-order valence-corrected chi connectivity index (χ1v) is 6.90. The number of nitrogens with one attached hydrogen (secondary N) is 2. The molecule has 1 aliphatic rings. The number of aromatic amines is 1. The first kappa shape index (κ1) is 12.5. The summed E-state index contributed by atoms with van der Waals surface area (Å²) >= 11 is 0. The Kier molecular flexibility index (Phi) is 2.83. The number of benzene rings is 1. The molecule has 5 nitrogen and oxygen atoms in total. The SMILES string of the molecule is O=C1NC(c2ccccc2)=N/C1=C\c1c[nH]c2ncccc12. The van der Waals surface area contributed by atoms with Crippen molar-refractivity contribution in [1.29, 1.82) is 0 Å². The number of carbonyl (C=O) groups excluding carboxylic acids is 1. The van der Waals surface area contributed by atoms with Crippen LogP contribution in [0.4, 0.5) is 0 Å². The topological polar surface area (TPSA) is 70.1 Å². The van der Waals surface area contributed by atoms with Crippen LogP contribution in [0.15, 0.2) is 65.5 Å². The number of amidine groups is 1. The Morgan fingerprint density at radius 3 is 2.77 bits per heavy atom. The predicted octanol–water partition coefficient (Wildman–Crippen LogP) is 2.48. The minimum absolute atomic E-state index is 0.197. The molecular formula is C17H12N4O. The van der Waals surface area contributed by atoms with Gasteiger partial charge in [-0.25, -0.2) is 9.98 Å². The smallest absolute Gasteiger partial charge is 0.275 e. The van der Waals surface area contributed by atoms with Crippen LogP contribution in [-0.2, 0) is 4.79 Å². The quantitative estimate of drug-likeness (QED) is 0.711. The lowest BCUT2D eigenvalue weighted by Crippen LogP contribution is -2.24. The molecule has 3 heterocycles. The molecule has 0 atom stereocenters. The Balaban J connectivity index is 1.76. The van der Waals surface area contributed by atoms with Crippen molar-refractivity contribution in [2.75, 3.05) is 0 Å². The molecule has 0 unspecified atom stereocenters. The van der Waals surface area contributed by atoms with Gasteiger partial charge in [-0.05, 0) is 18.2 Å². The molecule has 106 valence electrons. The average molecular weight is 288 g/mol. The van der Waals surface area contributed by atoms with E-state index in [1.807, 2.05) is 48.7 Å². The largest absolute Gasteiger partial charge is 0.346 e. The minimum Gasteiger partial charge on any atom is -0.346 e. The zero-order valence-corrected chi connectivity index (χ0v) is 11.6. The lowest BCUT2D eigenvalue weighted by molar-refractivity contribution is -0.115. The zero-order chi connectivity index (χ0) is 14.9. The van der Waals surface area contributed by atoms with E-state index in [0.29, 0.717) is 11.5 Å². The second-order valence-corrected chi connectivity index (χ2v) is 4.95. The third-order valence-corrected chi connectivity index (χ3v) is 3.52. The van der Waals surface area contributed by atoms with E-state index in [-0.39, 0.29) is 5.91 Å². The summed E-state index contributed by atoms with van der Waals surface area (Å²) in [5, 5.41) is 3.76. The number of pyridine rings is 1. The van der Waals surface area contributed by atoms with E-state index in [0.717, 1.165) is 22.2 Å². The molecule has 2 N–H and O–H groups in total. The maximum Gasteiger partial charge on any atom is 0.275 e. The first-order valence-electron chi connectivity index (χ1n) is 6.90. The van der Waals surface area contributed by atoms with Gasteiger partial charge in [-0.15, -0.1) is 0 Å². The van der Waals surface area contributed by atoms with Crippen LogP contribution in [0, 0.1) is 0 Å². The molecule has 0 radical (unpaired) electrons. The second kappa shape index (κ2) is 4.96. The van der Waals surface area contributed by atoms with E-state index in [1.54, 1.807) is 12.3 Å². The zero-order valence-electron chi connectivity index (χ0n) is 11.6. The van der Waals surface area contributed by atoms with Crippen molar-refractivity contribution in [2.24, 2.45) is 4.99 Å². The van der Waals surface area contributed by atoms with Gasteiger partial charge in [0.15, 0.2) is 0 Å². The molecule has 1 amide bonds. The molecular weight excluding hydrogens is 276 g/mol. The highest BCUT2D eigenvalue weighted by molar-refractivity contribution is 6.20. The van der Waals surface area contributed by atoms with Crippen LogP contribution >= 0.6 is 0 Å². The van der Waals surface area contributed by atoms with Gasteiger partial charge in [0.2, 0.25) is 0 Å². The first-order chi connectivity index (χ1) is 10.8. The van der Waals surface area contributed by atoms with Gasteiger partial charge in [-0.3, -0.25) is 4.79 Å². The number of hydrogen-bond donors (Lipinski definition) is 2. The molecule has 0 fully saturated rings. The number of rotatable bonds is 2. The Morgan fingerprint density at radius 2 is 1.91 bits per heavy atom. The molecule has 0 aliphatic carbocycles. The molecule has 1 aromatic carbocycles. The van der Waals surface area contributed by atoms with Crippen LogP contribution in [-0.4, -0.2) is 21.7 Å². The summed E-state index contributed by atoms with van der Waals surface area (Å²) in [6.45, 7) is 0. The van der Waals surface area contributed by atoms with E-state index in [2.05, 4.69) is 20.3 Å². The number of carbonyl (C=O) groups is 1. The molecule has 0 bridgehead atoms. The van der Waals surface area contributed by atoms with Crippen LogP contribution in [0.2, 0.25) is 0 Å². The Hall–Kier alpha value is -3.21. The fourth-order valence-electron chi connectivity index (χ4n) is 2.45. The lowest BCUT2D eigenvalue weighted by Gasteiger charge is -1.98. The van der Waals surface area contributed by atoms with Crippen molar-refractivity contribution in [3.8, 4) is 0 Å².